The van der Waals surface area contributed by atoms with Crippen molar-refractivity contribution in [1.29, 1.82) is 0 Å². The molecule has 0 radical (unpaired) electrons. The summed E-state index contributed by atoms with van der Waals surface area (Å²) in [5, 5.41) is 0.494. The molecular weight excluding hydrogens is 440 g/mol. The minimum atomic E-state index is -0.186. The maximum atomic E-state index is 13.0. The molecule has 1 N–H and O–H groups in total. The minimum absolute atomic E-state index is 0.126. The Labute approximate surface area is 196 Å². The molecular formula is C24H26N4O4S. The van der Waals surface area contributed by atoms with Crippen LogP contribution in [0.5, 0.6) is 11.5 Å². The number of piperazine rings is 1. The Morgan fingerprint density at radius 2 is 1.76 bits per heavy atom. The van der Waals surface area contributed by atoms with Crippen LogP contribution in [0, 0.1) is 4.77 Å². The van der Waals surface area contributed by atoms with Gasteiger partial charge in [-0.05, 0) is 30.3 Å². The van der Waals surface area contributed by atoms with Crippen LogP contribution < -0.4 is 15.0 Å². The Morgan fingerprint density at radius 1 is 1.03 bits per heavy atom. The van der Waals surface area contributed by atoms with E-state index in [1.165, 1.54) is 10.1 Å². The van der Waals surface area contributed by atoms with Gasteiger partial charge in [-0.1, -0.05) is 30.3 Å². The summed E-state index contributed by atoms with van der Waals surface area (Å²) >= 11 is 5.40. The SMILES string of the molecule is O=C(CCCn1c(=S)[nH]c2cc3c(cc2c1=O)OCO3)N1CCN(Cc2ccccc2)CC1. The summed E-state index contributed by atoms with van der Waals surface area (Å²) in [6, 6.07) is 13.8. The van der Waals surface area contributed by atoms with E-state index in [2.05, 4.69) is 34.1 Å². The fourth-order valence-electron chi connectivity index (χ4n) is 4.39. The van der Waals surface area contributed by atoms with Gasteiger partial charge < -0.3 is 19.4 Å². The standard InChI is InChI=1S/C24H26N4O4S/c29-22(27-11-9-26(10-12-27)15-17-5-2-1-3-6-17)7-4-8-28-23(30)18-13-20-21(32-16-31-20)14-19(18)25-24(28)33/h1-3,5-6,13-14H,4,7-12,15-16H2,(H,25,33). The van der Waals surface area contributed by atoms with E-state index in [4.69, 9.17) is 21.7 Å². The van der Waals surface area contributed by atoms with E-state index in [1.807, 2.05) is 11.0 Å². The van der Waals surface area contributed by atoms with Gasteiger partial charge >= 0.3 is 0 Å². The number of nitrogens with one attached hydrogen (secondary N) is 1. The maximum absolute atomic E-state index is 13.0. The molecule has 1 fully saturated rings. The average Bonchev–Trinajstić information content (AvgIpc) is 3.28. The average molecular weight is 467 g/mol. The molecule has 0 spiro atoms. The normalized spacial score (nSPS) is 15.8. The van der Waals surface area contributed by atoms with Crippen molar-refractivity contribution in [3.63, 3.8) is 0 Å². The zero-order valence-electron chi connectivity index (χ0n) is 18.3. The van der Waals surface area contributed by atoms with Crippen molar-refractivity contribution in [3.8, 4) is 11.5 Å². The largest absolute Gasteiger partial charge is 0.454 e. The zero-order valence-corrected chi connectivity index (χ0v) is 19.1. The van der Waals surface area contributed by atoms with Crippen LogP contribution in [0.3, 0.4) is 0 Å². The number of fused-ring (bicyclic) bond motifs is 2. The van der Waals surface area contributed by atoms with E-state index in [0.29, 0.717) is 46.6 Å². The van der Waals surface area contributed by atoms with Gasteiger partial charge in [-0.25, -0.2) is 0 Å². The first-order chi connectivity index (χ1) is 16.1. The smallest absolute Gasteiger partial charge is 0.262 e. The molecule has 172 valence electrons. The quantitative estimate of drug-likeness (QED) is 0.563. The molecule has 5 rings (SSSR count). The second-order valence-electron chi connectivity index (χ2n) is 8.38. The predicted octanol–water partition coefficient (Wildman–Crippen LogP) is 2.91. The van der Waals surface area contributed by atoms with Gasteiger partial charge in [-0.2, -0.15) is 0 Å². The Balaban J connectivity index is 1.16. The highest BCUT2D eigenvalue weighted by atomic mass is 32.1. The predicted molar refractivity (Wildman–Crippen MR) is 127 cm³/mol. The zero-order chi connectivity index (χ0) is 22.8. The number of nitrogens with zero attached hydrogens (tertiary/aromatic N) is 3. The van der Waals surface area contributed by atoms with E-state index < -0.39 is 0 Å². The Morgan fingerprint density at radius 3 is 2.52 bits per heavy atom. The summed E-state index contributed by atoms with van der Waals surface area (Å²) in [7, 11) is 0. The molecule has 0 bridgehead atoms. The fraction of sp³-hybridized carbons (Fsp3) is 0.375. The third kappa shape index (κ3) is 4.65. The van der Waals surface area contributed by atoms with Gasteiger partial charge in [0.25, 0.3) is 5.56 Å². The van der Waals surface area contributed by atoms with Gasteiger partial charge in [-0.3, -0.25) is 19.1 Å². The van der Waals surface area contributed by atoms with Crippen molar-refractivity contribution >= 4 is 29.0 Å². The number of aromatic amines is 1. The van der Waals surface area contributed by atoms with Gasteiger partial charge in [0.1, 0.15) is 0 Å². The highest BCUT2D eigenvalue weighted by molar-refractivity contribution is 7.71. The van der Waals surface area contributed by atoms with Crippen molar-refractivity contribution in [3.05, 3.63) is 63.2 Å². The second kappa shape index (κ2) is 9.36. The van der Waals surface area contributed by atoms with Crippen molar-refractivity contribution in [1.82, 2.24) is 19.4 Å². The Kier molecular flexibility index (Phi) is 6.15. The summed E-state index contributed by atoms with van der Waals surface area (Å²) in [5.41, 5.74) is 1.72. The number of ether oxygens (including phenoxy) is 2. The molecule has 1 amide bonds. The van der Waals surface area contributed by atoms with Crippen LogP contribution in [0.1, 0.15) is 18.4 Å². The van der Waals surface area contributed by atoms with E-state index >= 15 is 0 Å². The lowest BCUT2D eigenvalue weighted by molar-refractivity contribution is -0.133. The lowest BCUT2D eigenvalue weighted by Crippen LogP contribution is -2.48. The highest BCUT2D eigenvalue weighted by Gasteiger charge is 2.21. The van der Waals surface area contributed by atoms with Crippen LogP contribution in [-0.2, 0) is 17.9 Å². The van der Waals surface area contributed by atoms with Gasteiger partial charge in [0.15, 0.2) is 16.3 Å². The van der Waals surface area contributed by atoms with Crippen LogP contribution in [0.25, 0.3) is 10.9 Å². The van der Waals surface area contributed by atoms with Crippen LogP contribution in [0.2, 0.25) is 0 Å². The van der Waals surface area contributed by atoms with Gasteiger partial charge in [0, 0.05) is 51.8 Å². The number of hydrogen-bond donors (Lipinski definition) is 1. The molecule has 0 aliphatic carbocycles. The number of rotatable bonds is 6. The maximum Gasteiger partial charge on any atom is 0.262 e. The fourth-order valence-corrected chi connectivity index (χ4v) is 4.67. The lowest BCUT2D eigenvalue weighted by atomic mass is 10.2. The van der Waals surface area contributed by atoms with E-state index in [0.717, 1.165) is 32.7 Å². The summed E-state index contributed by atoms with van der Waals surface area (Å²) in [6.07, 6.45) is 0.940. The first kappa shape index (κ1) is 21.7. The van der Waals surface area contributed by atoms with Crippen molar-refractivity contribution in [2.24, 2.45) is 0 Å². The van der Waals surface area contributed by atoms with E-state index in [-0.39, 0.29) is 18.3 Å². The molecule has 2 aromatic carbocycles. The third-order valence-corrected chi connectivity index (χ3v) is 6.54. The van der Waals surface area contributed by atoms with Crippen LogP contribution in [0.4, 0.5) is 0 Å². The third-order valence-electron chi connectivity index (χ3n) is 6.22. The molecule has 9 heteroatoms. The van der Waals surface area contributed by atoms with E-state index in [9.17, 15) is 9.59 Å². The molecule has 1 aromatic heterocycles. The Hall–Kier alpha value is -3.17. The number of benzene rings is 2. The van der Waals surface area contributed by atoms with Crippen molar-refractivity contribution in [2.75, 3.05) is 33.0 Å². The summed E-state index contributed by atoms with van der Waals surface area (Å²) in [6.45, 7) is 4.63. The number of aromatic nitrogens is 2. The van der Waals surface area contributed by atoms with Gasteiger partial charge in [0.2, 0.25) is 12.7 Å². The summed E-state index contributed by atoms with van der Waals surface area (Å²) in [4.78, 5) is 33.1. The number of amides is 1. The molecule has 33 heavy (non-hydrogen) atoms. The van der Waals surface area contributed by atoms with Gasteiger partial charge in [0.05, 0.1) is 10.9 Å². The molecule has 0 saturated carbocycles. The molecule has 2 aliphatic rings. The van der Waals surface area contributed by atoms with Crippen LogP contribution in [-0.4, -0.2) is 58.2 Å². The van der Waals surface area contributed by atoms with Crippen molar-refractivity contribution < 1.29 is 14.3 Å². The topological polar surface area (TPSA) is 79.8 Å². The Bertz CT molecular complexity index is 1280. The number of carbonyl (C=O) groups excluding carboxylic acids is 1. The molecule has 0 atom stereocenters. The molecule has 3 aromatic rings. The van der Waals surface area contributed by atoms with Crippen molar-refractivity contribution in [2.45, 2.75) is 25.9 Å². The molecule has 0 unspecified atom stereocenters. The second-order valence-corrected chi connectivity index (χ2v) is 8.77. The lowest BCUT2D eigenvalue weighted by Gasteiger charge is -2.34. The number of hydrogen-bond acceptors (Lipinski definition) is 6. The number of H-pyrrole nitrogens is 1. The van der Waals surface area contributed by atoms with Gasteiger partial charge in [-0.15, -0.1) is 0 Å². The minimum Gasteiger partial charge on any atom is -0.454 e. The molecule has 3 heterocycles. The molecule has 8 nitrogen and oxygen atoms in total. The molecule has 2 aliphatic heterocycles. The first-order valence-corrected chi connectivity index (χ1v) is 11.6. The molecule has 1 saturated heterocycles. The monoisotopic (exact) mass is 466 g/mol. The van der Waals surface area contributed by atoms with Crippen LogP contribution in [0.15, 0.2) is 47.3 Å². The highest BCUT2D eigenvalue weighted by Crippen LogP contribution is 2.34. The summed E-state index contributed by atoms with van der Waals surface area (Å²) < 4.78 is 12.6. The summed E-state index contributed by atoms with van der Waals surface area (Å²) in [5.74, 6) is 1.28. The first-order valence-electron chi connectivity index (χ1n) is 11.2. The van der Waals surface area contributed by atoms with E-state index in [1.54, 1.807) is 12.1 Å². The van der Waals surface area contributed by atoms with Crippen LogP contribution >= 0.6 is 12.2 Å². The number of carbonyl (C=O) groups is 1.